The number of hydrogen-bond acceptors (Lipinski definition) is 1. The third kappa shape index (κ3) is 4.06. The van der Waals surface area contributed by atoms with Gasteiger partial charge in [0.1, 0.15) is 5.78 Å². The van der Waals surface area contributed by atoms with Crippen molar-refractivity contribution in [2.75, 3.05) is 0 Å². The quantitative estimate of drug-likeness (QED) is 0.691. The zero-order valence-corrected chi connectivity index (χ0v) is 12.1. The average Bonchev–Trinajstić information content (AvgIpc) is 2.50. The summed E-state index contributed by atoms with van der Waals surface area (Å²) in [5, 5.41) is 0. The third-order valence-electron chi connectivity index (χ3n) is 3.64. The van der Waals surface area contributed by atoms with Gasteiger partial charge in [0.2, 0.25) is 0 Å². The van der Waals surface area contributed by atoms with Gasteiger partial charge in [-0.25, -0.2) is 0 Å². The van der Waals surface area contributed by atoms with Gasteiger partial charge in [0.05, 0.1) is 0 Å². The van der Waals surface area contributed by atoms with E-state index in [0.29, 0.717) is 24.5 Å². The predicted molar refractivity (Wildman–Crippen MR) is 83.9 cm³/mol. The number of benzene rings is 2. The molecule has 0 N–H and O–H groups in total. The fourth-order valence-corrected chi connectivity index (χ4v) is 2.61. The molecule has 104 valence electrons. The molecule has 0 heterocycles. The van der Waals surface area contributed by atoms with E-state index in [2.05, 4.69) is 55.5 Å². The van der Waals surface area contributed by atoms with E-state index in [1.54, 1.807) is 0 Å². The van der Waals surface area contributed by atoms with E-state index in [9.17, 15) is 4.79 Å². The van der Waals surface area contributed by atoms with E-state index >= 15 is 0 Å². The van der Waals surface area contributed by atoms with Crippen LogP contribution in [0.25, 0.3) is 0 Å². The van der Waals surface area contributed by atoms with Crippen molar-refractivity contribution in [3.63, 3.8) is 0 Å². The number of carbonyl (C=O) groups excluding carboxylic acids is 1. The fourth-order valence-electron chi connectivity index (χ4n) is 2.61. The van der Waals surface area contributed by atoms with Crippen molar-refractivity contribution >= 4 is 5.78 Å². The minimum Gasteiger partial charge on any atom is -0.300 e. The van der Waals surface area contributed by atoms with E-state index in [1.807, 2.05) is 12.1 Å². The molecular formula is C19H22O. The molecule has 0 amide bonds. The van der Waals surface area contributed by atoms with Crippen LogP contribution in [0, 0.1) is 0 Å². The van der Waals surface area contributed by atoms with Gasteiger partial charge in [0.15, 0.2) is 0 Å². The second-order valence-electron chi connectivity index (χ2n) is 5.20. The lowest BCUT2D eigenvalue weighted by Crippen LogP contribution is -2.05. The van der Waals surface area contributed by atoms with Crippen LogP contribution in [0.2, 0.25) is 0 Å². The van der Waals surface area contributed by atoms with Crippen LogP contribution in [0.1, 0.15) is 49.7 Å². The van der Waals surface area contributed by atoms with Crippen LogP contribution in [-0.4, -0.2) is 5.78 Å². The maximum Gasteiger partial charge on any atom is 0.132 e. The minimum atomic E-state index is 0.318. The molecule has 0 radical (unpaired) electrons. The van der Waals surface area contributed by atoms with E-state index in [4.69, 9.17) is 0 Å². The Morgan fingerprint density at radius 2 is 1.35 bits per heavy atom. The summed E-state index contributed by atoms with van der Waals surface area (Å²) in [6.45, 7) is 2.06. The van der Waals surface area contributed by atoms with Crippen LogP contribution in [0.4, 0.5) is 0 Å². The van der Waals surface area contributed by atoms with Gasteiger partial charge in [-0.1, -0.05) is 67.6 Å². The first-order valence-corrected chi connectivity index (χ1v) is 7.43. The average molecular weight is 266 g/mol. The van der Waals surface area contributed by atoms with Gasteiger partial charge >= 0.3 is 0 Å². The number of Topliss-reactive ketones (excluding diaryl/α,β-unsaturated/α-hetero) is 1. The van der Waals surface area contributed by atoms with Crippen LogP contribution < -0.4 is 0 Å². The molecule has 2 aromatic rings. The Hall–Kier alpha value is -1.89. The predicted octanol–water partition coefficient (Wildman–Crippen LogP) is 4.97. The first-order chi connectivity index (χ1) is 9.81. The largest absolute Gasteiger partial charge is 0.300 e. The van der Waals surface area contributed by atoms with E-state index < -0.39 is 0 Å². The van der Waals surface area contributed by atoms with Gasteiger partial charge in [0.25, 0.3) is 0 Å². The molecule has 1 nitrogen and oxygen atoms in total. The maximum atomic E-state index is 11.8. The standard InChI is InChI=1S/C19H22O/c1-2-9-18(20)14-15-19(16-10-5-3-6-11-16)17-12-7-4-8-13-17/h3-8,10-13,19H,2,9,14-15H2,1H3. The molecule has 0 saturated heterocycles. The van der Waals surface area contributed by atoms with E-state index in [0.717, 1.165) is 12.8 Å². The molecule has 0 atom stereocenters. The number of rotatable bonds is 7. The second-order valence-corrected chi connectivity index (χ2v) is 5.20. The normalized spacial score (nSPS) is 10.7. The van der Waals surface area contributed by atoms with Crippen molar-refractivity contribution in [3.8, 4) is 0 Å². The zero-order chi connectivity index (χ0) is 14.2. The lowest BCUT2D eigenvalue weighted by atomic mass is 9.86. The molecule has 0 fully saturated rings. The summed E-state index contributed by atoms with van der Waals surface area (Å²) in [6, 6.07) is 21.0. The monoisotopic (exact) mass is 266 g/mol. The van der Waals surface area contributed by atoms with Crippen molar-refractivity contribution < 1.29 is 4.79 Å². The molecule has 0 aliphatic rings. The van der Waals surface area contributed by atoms with Crippen LogP contribution in [0.5, 0.6) is 0 Å². The fraction of sp³-hybridized carbons (Fsp3) is 0.316. The van der Waals surface area contributed by atoms with E-state index in [1.165, 1.54) is 11.1 Å². The van der Waals surface area contributed by atoms with Gasteiger partial charge in [-0.05, 0) is 24.0 Å². The van der Waals surface area contributed by atoms with Crippen molar-refractivity contribution in [2.45, 2.75) is 38.5 Å². The molecule has 1 heteroatoms. The Bertz CT molecular complexity index is 476. The minimum absolute atomic E-state index is 0.318. The summed E-state index contributed by atoms with van der Waals surface area (Å²) in [4.78, 5) is 11.8. The Labute approximate surface area is 121 Å². The summed E-state index contributed by atoms with van der Waals surface area (Å²) >= 11 is 0. The molecule has 0 aliphatic carbocycles. The molecule has 2 rings (SSSR count). The van der Waals surface area contributed by atoms with Crippen LogP contribution in [0.3, 0.4) is 0 Å². The second kappa shape index (κ2) is 7.64. The highest BCUT2D eigenvalue weighted by Gasteiger charge is 2.15. The van der Waals surface area contributed by atoms with E-state index in [-0.39, 0.29) is 0 Å². The molecule has 0 aromatic heterocycles. The highest BCUT2D eigenvalue weighted by atomic mass is 16.1. The van der Waals surface area contributed by atoms with Crippen LogP contribution in [0.15, 0.2) is 60.7 Å². The zero-order valence-electron chi connectivity index (χ0n) is 12.1. The number of hydrogen-bond donors (Lipinski definition) is 0. The first-order valence-electron chi connectivity index (χ1n) is 7.43. The smallest absolute Gasteiger partial charge is 0.132 e. The summed E-state index contributed by atoms with van der Waals surface area (Å²) in [7, 11) is 0. The first kappa shape index (κ1) is 14.5. The summed E-state index contributed by atoms with van der Waals surface area (Å²) in [5.74, 6) is 0.697. The Morgan fingerprint density at radius 3 is 1.80 bits per heavy atom. The number of carbonyl (C=O) groups is 1. The van der Waals surface area contributed by atoms with Crippen LogP contribution >= 0.6 is 0 Å². The third-order valence-corrected chi connectivity index (χ3v) is 3.64. The molecule has 20 heavy (non-hydrogen) atoms. The van der Waals surface area contributed by atoms with Crippen molar-refractivity contribution in [2.24, 2.45) is 0 Å². The van der Waals surface area contributed by atoms with Gasteiger partial charge in [-0.2, -0.15) is 0 Å². The van der Waals surface area contributed by atoms with Crippen molar-refractivity contribution in [1.29, 1.82) is 0 Å². The molecule has 0 bridgehead atoms. The topological polar surface area (TPSA) is 17.1 Å². The Balaban J connectivity index is 2.15. The SMILES string of the molecule is CCCC(=O)CCC(c1ccccc1)c1ccccc1. The Morgan fingerprint density at radius 1 is 0.850 bits per heavy atom. The van der Waals surface area contributed by atoms with Gasteiger partial charge in [-0.3, -0.25) is 4.79 Å². The highest BCUT2D eigenvalue weighted by molar-refractivity contribution is 5.78. The number of ketones is 1. The highest BCUT2D eigenvalue weighted by Crippen LogP contribution is 2.29. The van der Waals surface area contributed by atoms with Gasteiger partial charge in [-0.15, -0.1) is 0 Å². The summed E-state index contributed by atoms with van der Waals surface area (Å²) in [6.07, 6.45) is 3.21. The maximum absolute atomic E-state index is 11.8. The van der Waals surface area contributed by atoms with Crippen molar-refractivity contribution in [3.05, 3.63) is 71.8 Å². The lowest BCUT2D eigenvalue weighted by molar-refractivity contribution is -0.119. The van der Waals surface area contributed by atoms with Crippen molar-refractivity contribution in [1.82, 2.24) is 0 Å². The van der Waals surface area contributed by atoms with Gasteiger partial charge in [0, 0.05) is 18.8 Å². The van der Waals surface area contributed by atoms with Crippen LogP contribution in [-0.2, 0) is 4.79 Å². The molecule has 0 saturated carbocycles. The molecule has 0 aliphatic heterocycles. The molecule has 0 unspecified atom stereocenters. The molecule has 2 aromatic carbocycles. The summed E-state index contributed by atoms with van der Waals surface area (Å²) < 4.78 is 0. The lowest BCUT2D eigenvalue weighted by Gasteiger charge is -2.17. The van der Waals surface area contributed by atoms with Gasteiger partial charge < -0.3 is 0 Å². The molecule has 0 spiro atoms. The molecular weight excluding hydrogens is 244 g/mol. The summed E-state index contributed by atoms with van der Waals surface area (Å²) in [5.41, 5.74) is 2.59. The Kier molecular flexibility index (Phi) is 5.55.